The maximum Gasteiger partial charge on any atom is 0.138 e. The van der Waals surface area contributed by atoms with Crippen molar-refractivity contribution in [3.05, 3.63) is 0 Å². The van der Waals surface area contributed by atoms with Gasteiger partial charge in [-0.2, -0.15) is 0 Å². The number of hydrogen-bond donors (Lipinski definition) is 0. The molecule has 0 radical (unpaired) electrons. The SMILES string of the molecule is CC(C)[C@@H]1ON=C2[C@@H]1CCC21CC[C@H]2C1=NO[C@H]2C(C)C. The fraction of sp³-hybridized carbons (Fsp3) is 0.882. The normalized spacial score (nSPS) is 39.3. The zero-order chi connectivity index (χ0) is 14.8. The minimum Gasteiger partial charge on any atom is -0.392 e. The summed E-state index contributed by atoms with van der Waals surface area (Å²) in [5.74, 6) is 2.05. The molecule has 2 fully saturated rings. The Balaban J connectivity index is 1.63. The quantitative estimate of drug-likeness (QED) is 0.779. The monoisotopic (exact) mass is 290 g/mol. The van der Waals surface area contributed by atoms with Crippen molar-refractivity contribution in [1.82, 2.24) is 0 Å². The van der Waals surface area contributed by atoms with E-state index >= 15 is 0 Å². The first-order valence-corrected chi connectivity index (χ1v) is 8.53. The largest absolute Gasteiger partial charge is 0.392 e. The van der Waals surface area contributed by atoms with Gasteiger partial charge in [-0.1, -0.05) is 38.0 Å². The van der Waals surface area contributed by atoms with E-state index < -0.39 is 0 Å². The average molecular weight is 290 g/mol. The molecule has 0 amide bonds. The molecule has 4 nitrogen and oxygen atoms in total. The number of oxime groups is 2. The van der Waals surface area contributed by atoms with Gasteiger partial charge in [-0.3, -0.25) is 0 Å². The molecule has 4 heteroatoms. The van der Waals surface area contributed by atoms with E-state index in [0.717, 1.165) is 0 Å². The van der Waals surface area contributed by atoms with Gasteiger partial charge in [0.15, 0.2) is 0 Å². The lowest BCUT2D eigenvalue weighted by molar-refractivity contribution is 0.0244. The zero-order valence-electron chi connectivity index (χ0n) is 13.5. The van der Waals surface area contributed by atoms with Crippen LogP contribution in [0.3, 0.4) is 0 Å². The van der Waals surface area contributed by atoms with Crippen LogP contribution < -0.4 is 0 Å². The molecular weight excluding hydrogens is 264 g/mol. The molecule has 21 heavy (non-hydrogen) atoms. The predicted octanol–water partition coefficient (Wildman–Crippen LogP) is 3.61. The van der Waals surface area contributed by atoms with Crippen LogP contribution in [0.5, 0.6) is 0 Å². The Labute approximate surface area is 126 Å². The topological polar surface area (TPSA) is 43.2 Å². The highest BCUT2D eigenvalue weighted by Gasteiger charge is 2.62. The first-order chi connectivity index (χ1) is 10.0. The second-order valence-electron chi connectivity index (χ2n) is 7.95. The number of fused-ring (bicyclic) bond motifs is 4. The minimum atomic E-state index is 0.0720. The third kappa shape index (κ3) is 1.68. The molecule has 0 aromatic carbocycles. The lowest BCUT2D eigenvalue weighted by Crippen LogP contribution is -2.36. The third-order valence-electron chi connectivity index (χ3n) is 6.10. The van der Waals surface area contributed by atoms with Gasteiger partial charge in [-0.05, 0) is 37.5 Å². The van der Waals surface area contributed by atoms with Crippen molar-refractivity contribution in [2.45, 2.75) is 65.6 Å². The van der Waals surface area contributed by atoms with Gasteiger partial charge < -0.3 is 9.68 Å². The summed E-state index contributed by atoms with van der Waals surface area (Å²) >= 11 is 0. The van der Waals surface area contributed by atoms with Crippen molar-refractivity contribution in [1.29, 1.82) is 0 Å². The lowest BCUT2D eigenvalue weighted by Gasteiger charge is -2.23. The predicted molar refractivity (Wildman–Crippen MR) is 82.2 cm³/mol. The molecule has 4 rings (SSSR count). The van der Waals surface area contributed by atoms with Crippen LogP contribution in [0, 0.1) is 29.1 Å². The molecule has 1 spiro atoms. The van der Waals surface area contributed by atoms with Crippen molar-refractivity contribution in [2.24, 2.45) is 39.4 Å². The van der Waals surface area contributed by atoms with Gasteiger partial charge in [0.05, 0.1) is 16.8 Å². The average Bonchev–Trinajstić information content (AvgIpc) is 3.14. The Morgan fingerprint density at radius 3 is 1.67 bits per heavy atom. The summed E-state index contributed by atoms with van der Waals surface area (Å²) in [5.41, 5.74) is 2.65. The van der Waals surface area contributed by atoms with E-state index in [1.807, 2.05) is 0 Å². The van der Waals surface area contributed by atoms with E-state index in [1.54, 1.807) is 0 Å². The molecule has 0 aromatic heterocycles. The Morgan fingerprint density at radius 1 is 0.857 bits per heavy atom. The zero-order valence-corrected chi connectivity index (χ0v) is 13.5. The van der Waals surface area contributed by atoms with Crippen LogP contribution in [0.4, 0.5) is 0 Å². The Hall–Kier alpha value is -1.06. The Morgan fingerprint density at radius 2 is 1.29 bits per heavy atom. The summed E-state index contributed by atoms with van der Waals surface area (Å²) in [6.45, 7) is 8.93. The summed E-state index contributed by atoms with van der Waals surface area (Å²) in [6, 6.07) is 0. The van der Waals surface area contributed by atoms with Crippen LogP contribution in [0.2, 0.25) is 0 Å². The Bertz CT molecular complexity index is 463. The van der Waals surface area contributed by atoms with Crippen LogP contribution >= 0.6 is 0 Å². The maximum absolute atomic E-state index is 5.78. The first kappa shape index (κ1) is 13.6. The van der Waals surface area contributed by atoms with Crippen molar-refractivity contribution in [3.63, 3.8) is 0 Å². The molecule has 0 N–H and O–H groups in total. The molecule has 2 heterocycles. The number of nitrogens with zero attached hydrogens (tertiary/aromatic N) is 2. The summed E-state index contributed by atoms with van der Waals surface area (Å²) in [7, 11) is 0. The molecule has 116 valence electrons. The molecule has 2 aliphatic carbocycles. The molecular formula is C17H26N2O2. The third-order valence-corrected chi connectivity index (χ3v) is 6.10. The fourth-order valence-electron chi connectivity index (χ4n) is 5.06. The molecule has 0 unspecified atom stereocenters. The van der Waals surface area contributed by atoms with Crippen LogP contribution in [0.1, 0.15) is 53.4 Å². The van der Waals surface area contributed by atoms with E-state index in [-0.39, 0.29) is 17.6 Å². The highest BCUT2D eigenvalue weighted by Crippen LogP contribution is 2.57. The van der Waals surface area contributed by atoms with Crippen molar-refractivity contribution < 1.29 is 9.68 Å². The van der Waals surface area contributed by atoms with Crippen molar-refractivity contribution in [2.75, 3.05) is 0 Å². The number of rotatable bonds is 2. The van der Waals surface area contributed by atoms with Crippen molar-refractivity contribution >= 4 is 11.4 Å². The minimum absolute atomic E-state index is 0.0720. The fourth-order valence-corrected chi connectivity index (χ4v) is 5.06. The van der Waals surface area contributed by atoms with Crippen LogP contribution in [0.25, 0.3) is 0 Å². The van der Waals surface area contributed by atoms with E-state index in [1.165, 1.54) is 37.1 Å². The first-order valence-electron chi connectivity index (χ1n) is 8.53. The summed E-state index contributed by atoms with van der Waals surface area (Å²) in [6.07, 6.45) is 5.29. The molecule has 2 saturated carbocycles. The lowest BCUT2D eigenvalue weighted by atomic mass is 9.77. The molecule has 4 atom stereocenters. The van der Waals surface area contributed by atoms with Gasteiger partial charge in [0.25, 0.3) is 0 Å². The van der Waals surface area contributed by atoms with Gasteiger partial charge in [0.2, 0.25) is 0 Å². The van der Waals surface area contributed by atoms with Gasteiger partial charge in [-0.25, -0.2) is 0 Å². The van der Waals surface area contributed by atoms with E-state index in [4.69, 9.17) is 9.68 Å². The summed E-state index contributed by atoms with van der Waals surface area (Å²) in [5, 5.41) is 9.09. The van der Waals surface area contributed by atoms with Crippen LogP contribution in [-0.4, -0.2) is 23.6 Å². The second-order valence-corrected chi connectivity index (χ2v) is 7.95. The van der Waals surface area contributed by atoms with Gasteiger partial charge in [0.1, 0.15) is 12.2 Å². The standard InChI is InChI=1S/C17H26N2O2/c1-9(2)13-11-5-7-17(15(11)18-20-13)8-6-12-14(10(3)4)21-19-16(12)17/h9-14H,5-8H2,1-4H3/t11-,12-,13+,14+,17?/m1/s1. The summed E-state index contributed by atoms with van der Waals surface area (Å²) < 4.78 is 0. The van der Waals surface area contributed by atoms with Gasteiger partial charge in [0, 0.05) is 11.8 Å². The molecule has 0 aromatic rings. The second kappa shape index (κ2) is 4.47. The van der Waals surface area contributed by atoms with E-state index in [9.17, 15) is 0 Å². The highest BCUT2D eigenvalue weighted by molar-refractivity contribution is 6.16. The Kier molecular flexibility index (Phi) is 2.89. The van der Waals surface area contributed by atoms with Crippen LogP contribution in [-0.2, 0) is 9.68 Å². The molecule has 2 aliphatic heterocycles. The molecule has 0 saturated heterocycles. The van der Waals surface area contributed by atoms with Gasteiger partial charge >= 0.3 is 0 Å². The van der Waals surface area contributed by atoms with E-state index in [0.29, 0.717) is 23.7 Å². The maximum atomic E-state index is 5.78. The highest BCUT2D eigenvalue weighted by atomic mass is 16.6. The smallest absolute Gasteiger partial charge is 0.138 e. The molecule has 4 aliphatic rings. The molecule has 0 bridgehead atoms. The summed E-state index contributed by atoms with van der Waals surface area (Å²) in [4.78, 5) is 11.6. The van der Waals surface area contributed by atoms with Crippen molar-refractivity contribution in [3.8, 4) is 0 Å². The van der Waals surface area contributed by atoms with E-state index in [2.05, 4.69) is 38.0 Å². The number of hydrogen-bond acceptors (Lipinski definition) is 4. The van der Waals surface area contributed by atoms with Crippen LogP contribution in [0.15, 0.2) is 10.3 Å². The van der Waals surface area contributed by atoms with Gasteiger partial charge in [-0.15, -0.1) is 0 Å².